The van der Waals surface area contributed by atoms with Crippen molar-refractivity contribution in [2.75, 3.05) is 18.0 Å². The Bertz CT molecular complexity index is 889. The molecule has 0 aliphatic carbocycles. The fraction of sp³-hybridized carbons (Fsp3) is 0.412. The minimum Gasteiger partial charge on any atom is -0.356 e. The second-order valence-electron chi connectivity index (χ2n) is 6.30. The molecule has 2 N–H and O–H groups in total. The van der Waals surface area contributed by atoms with E-state index in [1.165, 1.54) is 19.2 Å². The molecule has 0 spiro atoms. The van der Waals surface area contributed by atoms with E-state index >= 15 is 0 Å². The number of H-pyrrole nitrogens is 1. The average Bonchev–Trinajstić information content (AvgIpc) is 2.61. The SMILES string of the molecule is Cc1nc(N2CCC(NC(=O)c3ccc[nH]c3=O)CC2)cc(C(F)(F)F)n1. The van der Waals surface area contributed by atoms with Crippen molar-refractivity contribution < 1.29 is 18.0 Å². The number of pyridine rings is 1. The second-order valence-corrected chi connectivity index (χ2v) is 6.30. The number of alkyl halides is 3. The smallest absolute Gasteiger partial charge is 0.356 e. The number of hydrogen-bond acceptors (Lipinski definition) is 5. The first-order valence-corrected chi connectivity index (χ1v) is 8.40. The molecule has 0 radical (unpaired) electrons. The standard InChI is InChI=1S/C17H18F3N5O2/c1-10-22-13(17(18,19)20)9-14(23-10)25-7-4-11(5-8-25)24-16(27)12-3-2-6-21-15(12)26/h2-3,6,9,11H,4-5,7-8H2,1H3,(H,21,26)(H,24,27). The number of piperidine rings is 1. The van der Waals surface area contributed by atoms with Gasteiger partial charge in [0.2, 0.25) is 0 Å². The van der Waals surface area contributed by atoms with Crippen molar-refractivity contribution in [3.63, 3.8) is 0 Å². The zero-order chi connectivity index (χ0) is 19.6. The van der Waals surface area contributed by atoms with Crippen LogP contribution in [0.1, 0.15) is 34.7 Å². The molecule has 3 rings (SSSR count). The zero-order valence-corrected chi connectivity index (χ0v) is 14.5. The molecule has 0 bridgehead atoms. The fourth-order valence-corrected chi connectivity index (χ4v) is 2.98. The molecule has 2 aromatic rings. The summed E-state index contributed by atoms with van der Waals surface area (Å²) in [5.74, 6) is -0.190. The van der Waals surface area contributed by atoms with Gasteiger partial charge in [-0.3, -0.25) is 9.59 Å². The Labute approximate surface area is 152 Å². The number of rotatable bonds is 3. The van der Waals surface area contributed by atoms with E-state index in [2.05, 4.69) is 20.3 Å². The van der Waals surface area contributed by atoms with Crippen LogP contribution < -0.4 is 15.8 Å². The summed E-state index contributed by atoms with van der Waals surface area (Å²) in [6.07, 6.45) is -2.03. The Morgan fingerprint density at radius 1 is 1.30 bits per heavy atom. The van der Waals surface area contributed by atoms with Crippen molar-refractivity contribution in [3.05, 3.63) is 51.8 Å². The van der Waals surface area contributed by atoms with E-state index in [1.807, 2.05) is 0 Å². The molecule has 1 amide bonds. The van der Waals surface area contributed by atoms with Gasteiger partial charge in [-0.2, -0.15) is 13.2 Å². The third-order valence-electron chi connectivity index (χ3n) is 4.33. The summed E-state index contributed by atoms with van der Waals surface area (Å²) in [5.41, 5.74) is -1.41. The lowest BCUT2D eigenvalue weighted by Gasteiger charge is -2.33. The van der Waals surface area contributed by atoms with Gasteiger partial charge in [0.25, 0.3) is 11.5 Å². The van der Waals surface area contributed by atoms with Crippen LogP contribution in [-0.4, -0.2) is 40.0 Å². The second kappa shape index (κ2) is 7.37. The first-order valence-electron chi connectivity index (χ1n) is 8.40. The molecule has 7 nitrogen and oxygen atoms in total. The topological polar surface area (TPSA) is 91.0 Å². The number of aromatic amines is 1. The highest BCUT2D eigenvalue weighted by Crippen LogP contribution is 2.30. The van der Waals surface area contributed by atoms with Crippen molar-refractivity contribution in [2.24, 2.45) is 0 Å². The Kier molecular flexibility index (Phi) is 5.15. The lowest BCUT2D eigenvalue weighted by atomic mass is 10.0. The monoisotopic (exact) mass is 381 g/mol. The molecule has 0 aromatic carbocycles. The van der Waals surface area contributed by atoms with Crippen LogP contribution >= 0.6 is 0 Å². The molecule has 27 heavy (non-hydrogen) atoms. The maximum absolute atomic E-state index is 12.9. The molecule has 2 aromatic heterocycles. The molecule has 1 aliphatic heterocycles. The molecular formula is C17H18F3N5O2. The number of nitrogens with zero attached hydrogens (tertiary/aromatic N) is 3. The number of nitrogens with one attached hydrogen (secondary N) is 2. The number of aromatic nitrogens is 3. The molecule has 0 atom stereocenters. The molecule has 10 heteroatoms. The summed E-state index contributed by atoms with van der Waals surface area (Å²) in [5, 5.41) is 2.80. The minimum absolute atomic E-state index is 0.0289. The summed E-state index contributed by atoms with van der Waals surface area (Å²) in [7, 11) is 0. The Morgan fingerprint density at radius 3 is 2.63 bits per heavy atom. The fourth-order valence-electron chi connectivity index (χ4n) is 2.98. The maximum Gasteiger partial charge on any atom is 0.433 e. The molecule has 1 fully saturated rings. The Hall–Kier alpha value is -2.91. The van der Waals surface area contributed by atoms with Crippen LogP contribution in [0.5, 0.6) is 0 Å². The van der Waals surface area contributed by atoms with E-state index < -0.39 is 23.3 Å². The van der Waals surface area contributed by atoms with Gasteiger partial charge in [-0.05, 0) is 31.9 Å². The van der Waals surface area contributed by atoms with E-state index in [0.717, 1.165) is 6.07 Å². The maximum atomic E-state index is 12.9. The van der Waals surface area contributed by atoms with Gasteiger partial charge in [-0.15, -0.1) is 0 Å². The van der Waals surface area contributed by atoms with Crippen molar-refractivity contribution in [1.29, 1.82) is 0 Å². The Balaban J connectivity index is 1.64. The van der Waals surface area contributed by atoms with E-state index in [0.29, 0.717) is 25.9 Å². The number of amides is 1. The van der Waals surface area contributed by atoms with E-state index in [-0.39, 0.29) is 23.2 Å². The van der Waals surface area contributed by atoms with Gasteiger partial charge in [0.15, 0.2) is 0 Å². The van der Waals surface area contributed by atoms with Crippen molar-refractivity contribution >= 4 is 11.7 Å². The number of carbonyl (C=O) groups is 1. The van der Waals surface area contributed by atoms with Gasteiger partial charge in [0, 0.05) is 31.4 Å². The van der Waals surface area contributed by atoms with Gasteiger partial charge in [-0.1, -0.05) is 0 Å². The number of hydrogen-bond donors (Lipinski definition) is 2. The highest BCUT2D eigenvalue weighted by Gasteiger charge is 2.34. The molecule has 0 unspecified atom stereocenters. The normalized spacial score (nSPS) is 15.6. The van der Waals surface area contributed by atoms with Crippen molar-refractivity contribution in [3.8, 4) is 0 Å². The molecular weight excluding hydrogens is 363 g/mol. The zero-order valence-electron chi connectivity index (χ0n) is 14.5. The van der Waals surface area contributed by atoms with Crippen LogP contribution in [0.15, 0.2) is 29.2 Å². The lowest BCUT2D eigenvalue weighted by molar-refractivity contribution is -0.141. The molecule has 3 heterocycles. The molecule has 0 saturated carbocycles. The largest absolute Gasteiger partial charge is 0.433 e. The number of halogens is 3. The van der Waals surface area contributed by atoms with Crippen molar-refractivity contribution in [2.45, 2.75) is 32.0 Å². The van der Waals surface area contributed by atoms with Gasteiger partial charge < -0.3 is 15.2 Å². The van der Waals surface area contributed by atoms with Crippen LogP contribution in [0.4, 0.5) is 19.0 Å². The van der Waals surface area contributed by atoms with Gasteiger partial charge >= 0.3 is 6.18 Å². The summed E-state index contributed by atoms with van der Waals surface area (Å²) >= 11 is 0. The summed E-state index contributed by atoms with van der Waals surface area (Å²) in [4.78, 5) is 35.6. The lowest BCUT2D eigenvalue weighted by Crippen LogP contribution is -2.46. The van der Waals surface area contributed by atoms with Gasteiger partial charge in [0.05, 0.1) is 0 Å². The van der Waals surface area contributed by atoms with E-state index in [4.69, 9.17) is 0 Å². The third-order valence-corrected chi connectivity index (χ3v) is 4.33. The summed E-state index contributed by atoms with van der Waals surface area (Å²) < 4.78 is 38.8. The minimum atomic E-state index is -4.53. The highest BCUT2D eigenvalue weighted by molar-refractivity contribution is 5.93. The molecule has 1 aliphatic rings. The summed E-state index contributed by atoms with van der Waals surface area (Å²) in [6.45, 7) is 2.29. The highest BCUT2D eigenvalue weighted by atomic mass is 19.4. The number of aryl methyl sites for hydroxylation is 1. The number of anilines is 1. The first-order chi connectivity index (χ1) is 12.7. The molecule has 1 saturated heterocycles. The van der Waals surface area contributed by atoms with Gasteiger partial charge in [-0.25, -0.2) is 9.97 Å². The number of carbonyl (C=O) groups excluding carboxylic acids is 1. The van der Waals surface area contributed by atoms with Crippen LogP contribution in [0.25, 0.3) is 0 Å². The van der Waals surface area contributed by atoms with Gasteiger partial charge in [0.1, 0.15) is 22.9 Å². The van der Waals surface area contributed by atoms with E-state index in [1.54, 1.807) is 11.0 Å². The van der Waals surface area contributed by atoms with Crippen LogP contribution in [0, 0.1) is 6.92 Å². The predicted molar refractivity (Wildman–Crippen MR) is 91.5 cm³/mol. The van der Waals surface area contributed by atoms with Crippen LogP contribution in [-0.2, 0) is 6.18 Å². The summed E-state index contributed by atoms with van der Waals surface area (Å²) in [6, 6.07) is 3.77. The third kappa shape index (κ3) is 4.44. The predicted octanol–water partition coefficient (Wildman–Crippen LogP) is 1.89. The van der Waals surface area contributed by atoms with Crippen LogP contribution in [0.2, 0.25) is 0 Å². The van der Waals surface area contributed by atoms with E-state index in [9.17, 15) is 22.8 Å². The quantitative estimate of drug-likeness (QED) is 0.847. The van der Waals surface area contributed by atoms with Crippen molar-refractivity contribution in [1.82, 2.24) is 20.3 Å². The average molecular weight is 381 g/mol. The Morgan fingerprint density at radius 2 is 2.00 bits per heavy atom. The van der Waals surface area contributed by atoms with Crippen LogP contribution in [0.3, 0.4) is 0 Å². The molecule has 144 valence electrons. The first kappa shape index (κ1) is 18.9.